The third kappa shape index (κ3) is 8.85. The number of hydrogen-bond donors (Lipinski definition) is 1. The Balaban J connectivity index is 0.000000325. The van der Waals surface area contributed by atoms with E-state index < -0.39 is 10.1 Å². The minimum Gasteiger partial charge on any atom is -0.744 e. The van der Waals surface area contributed by atoms with Crippen molar-refractivity contribution < 1.29 is 18.3 Å². The molecule has 0 bridgehead atoms. The number of benzene rings is 1. The molecule has 1 aromatic rings. The predicted octanol–water partition coefficient (Wildman–Crippen LogP) is 0.957. The number of hydrogen-bond acceptors (Lipinski definition) is 3. The second kappa shape index (κ2) is 7.42. The van der Waals surface area contributed by atoms with E-state index in [1.54, 1.807) is 6.07 Å². The van der Waals surface area contributed by atoms with Crippen molar-refractivity contribution in [2.24, 2.45) is 0 Å². The van der Waals surface area contributed by atoms with Gasteiger partial charge in [-0.05, 0) is 39.8 Å². The van der Waals surface area contributed by atoms with E-state index in [1.807, 2.05) is 0 Å². The summed E-state index contributed by atoms with van der Waals surface area (Å²) in [5, 5.41) is 2.33. The number of rotatable bonds is 3. The van der Waals surface area contributed by atoms with Gasteiger partial charge in [0.1, 0.15) is 10.1 Å². The zero-order chi connectivity index (χ0) is 13.5. The number of quaternary nitrogens is 1. The molecular weight excluding hydrogens is 238 g/mol. The Labute approximate surface area is 104 Å². The zero-order valence-corrected chi connectivity index (χ0v) is 11.6. The summed E-state index contributed by atoms with van der Waals surface area (Å²) >= 11 is 0. The van der Waals surface area contributed by atoms with Gasteiger partial charge in [-0.2, -0.15) is 0 Å². The Kier molecular flexibility index (Phi) is 7.03. The molecule has 4 nitrogen and oxygen atoms in total. The third-order valence-corrected chi connectivity index (χ3v) is 2.65. The molecule has 2 N–H and O–H groups in total. The second-order valence-electron chi connectivity index (χ2n) is 4.45. The molecule has 1 aromatic carbocycles. The first-order valence-corrected chi connectivity index (χ1v) is 7.00. The molecule has 5 heteroatoms. The summed E-state index contributed by atoms with van der Waals surface area (Å²) in [7, 11) is -4.25. The Morgan fingerprint density at radius 1 is 1.00 bits per heavy atom. The Bertz CT molecular complexity index is 393. The van der Waals surface area contributed by atoms with Crippen molar-refractivity contribution >= 4 is 10.1 Å². The molecule has 0 aliphatic heterocycles. The smallest absolute Gasteiger partial charge is 0.124 e. The topological polar surface area (TPSA) is 73.8 Å². The van der Waals surface area contributed by atoms with Crippen LogP contribution in [0.5, 0.6) is 0 Å². The maximum atomic E-state index is 10.3. The predicted molar refractivity (Wildman–Crippen MR) is 66.6 cm³/mol. The van der Waals surface area contributed by atoms with E-state index in [1.165, 1.54) is 24.3 Å². The van der Waals surface area contributed by atoms with Crippen LogP contribution in [0.15, 0.2) is 35.2 Å². The molecule has 0 aliphatic rings. The lowest BCUT2D eigenvalue weighted by Gasteiger charge is -2.06. The monoisotopic (exact) mass is 259 g/mol. The molecule has 0 amide bonds. The Hall–Kier alpha value is -0.910. The van der Waals surface area contributed by atoms with E-state index in [9.17, 15) is 13.0 Å². The lowest BCUT2D eigenvalue weighted by Crippen LogP contribution is -2.92. The van der Waals surface area contributed by atoms with Crippen molar-refractivity contribution in [3.63, 3.8) is 0 Å². The van der Waals surface area contributed by atoms with E-state index in [-0.39, 0.29) is 4.90 Å². The molecule has 1 rings (SSSR count). The van der Waals surface area contributed by atoms with Crippen molar-refractivity contribution in [3.05, 3.63) is 30.3 Å². The minimum atomic E-state index is -4.25. The molecule has 98 valence electrons. The van der Waals surface area contributed by atoms with Crippen molar-refractivity contribution in [1.82, 2.24) is 0 Å². The summed E-state index contributed by atoms with van der Waals surface area (Å²) < 4.78 is 30.8. The van der Waals surface area contributed by atoms with Gasteiger partial charge in [0.15, 0.2) is 0 Å². The van der Waals surface area contributed by atoms with Crippen molar-refractivity contribution in [2.75, 3.05) is 0 Å². The normalized spacial score (nSPS) is 11.2. The van der Waals surface area contributed by atoms with Crippen molar-refractivity contribution in [2.45, 2.75) is 44.7 Å². The lowest BCUT2D eigenvalue weighted by molar-refractivity contribution is -0.709. The summed E-state index contributed by atoms with van der Waals surface area (Å²) in [6.45, 7) is 8.83. The van der Waals surface area contributed by atoms with Crippen LogP contribution >= 0.6 is 0 Å². The SMILES string of the molecule is CC(C)[NH2+]C(C)C.O=S(=O)([O-])c1ccccc1. The van der Waals surface area contributed by atoms with Crippen LogP contribution in [0.3, 0.4) is 0 Å². The molecular formula is C12H21NO3S. The molecule has 0 radical (unpaired) electrons. The van der Waals surface area contributed by atoms with E-state index in [4.69, 9.17) is 0 Å². The third-order valence-electron chi connectivity index (χ3n) is 1.80. The van der Waals surface area contributed by atoms with Crippen LogP contribution in [0.4, 0.5) is 0 Å². The fraction of sp³-hybridized carbons (Fsp3) is 0.500. The highest BCUT2D eigenvalue weighted by molar-refractivity contribution is 7.85. The van der Waals surface area contributed by atoms with E-state index >= 15 is 0 Å². The highest BCUT2D eigenvalue weighted by Crippen LogP contribution is 2.04. The van der Waals surface area contributed by atoms with E-state index in [0.717, 1.165) is 12.1 Å². The maximum absolute atomic E-state index is 10.3. The minimum absolute atomic E-state index is 0.185. The van der Waals surface area contributed by atoms with Crippen LogP contribution in [0.25, 0.3) is 0 Å². The summed E-state index contributed by atoms with van der Waals surface area (Å²) in [6, 6.07) is 8.69. The molecule has 0 aliphatic carbocycles. The highest BCUT2D eigenvalue weighted by Gasteiger charge is 1.97. The van der Waals surface area contributed by atoms with Crippen LogP contribution in [-0.4, -0.2) is 25.1 Å². The Morgan fingerprint density at radius 3 is 1.59 bits per heavy atom. The van der Waals surface area contributed by atoms with Gasteiger partial charge in [0.25, 0.3) is 0 Å². The van der Waals surface area contributed by atoms with Gasteiger partial charge in [0, 0.05) is 0 Å². The number of nitrogens with two attached hydrogens (primary N) is 1. The van der Waals surface area contributed by atoms with Crippen LogP contribution < -0.4 is 5.32 Å². The lowest BCUT2D eigenvalue weighted by atomic mass is 10.3. The zero-order valence-electron chi connectivity index (χ0n) is 10.8. The largest absolute Gasteiger partial charge is 0.744 e. The van der Waals surface area contributed by atoms with Gasteiger partial charge in [-0.15, -0.1) is 0 Å². The summed E-state index contributed by atoms with van der Waals surface area (Å²) in [5.74, 6) is 0. The fourth-order valence-electron chi connectivity index (χ4n) is 1.36. The first kappa shape index (κ1) is 16.1. The van der Waals surface area contributed by atoms with Crippen LogP contribution in [0.2, 0.25) is 0 Å². The van der Waals surface area contributed by atoms with Gasteiger partial charge in [-0.3, -0.25) is 0 Å². The molecule has 0 atom stereocenters. The summed E-state index contributed by atoms with van der Waals surface area (Å²) in [4.78, 5) is -0.185. The van der Waals surface area contributed by atoms with E-state index in [2.05, 4.69) is 33.0 Å². The van der Waals surface area contributed by atoms with Gasteiger partial charge < -0.3 is 9.87 Å². The molecule has 0 fully saturated rings. The Morgan fingerprint density at radius 2 is 1.41 bits per heavy atom. The van der Waals surface area contributed by atoms with Gasteiger partial charge in [-0.1, -0.05) is 18.2 Å². The van der Waals surface area contributed by atoms with Gasteiger partial charge >= 0.3 is 0 Å². The standard InChI is InChI=1S/C6H15N.C6H6O3S/c1-5(2)7-6(3)4;7-10(8,9)6-4-2-1-3-5-6/h5-7H,1-4H3;1-5H,(H,7,8,9). The van der Waals surface area contributed by atoms with Crippen molar-refractivity contribution in [1.29, 1.82) is 0 Å². The molecule has 0 heterocycles. The summed E-state index contributed by atoms with van der Waals surface area (Å²) in [6.07, 6.45) is 0. The molecule has 0 saturated carbocycles. The van der Waals surface area contributed by atoms with Crippen LogP contribution in [0.1, 0.15) is 27.7 Å². The average Bonchev–Trinajstić information content (AvgIpc) is 2.16. The molecule has 0 saturated heterocycles. The molecule has 0 unspecified atom stereocenters. The first-order valence-electron chi connectivity index (χ1n) is 5.59. The van der Waals surface area contributed by atoms with Gasteiger partial charge in [0.05, 0.1) is 17.0 Å². The molecule has 0 spiro atoms. The van der Waals surface area contributed by atoms with Crippen LogP contribution in [0, 0.1) is 0 Å². The second-order valence-corrected chi connectivity index (χ2v) is 5.83. The van der Waals surface area contributed by atoms with Crippen LogP contribution in [-0.2, 0) is 10.1 Å². The first-order chi connectivity index (χ1) is 7.73. The van der Waals surface area contributed by atoms with Crippen molar-refractivity contribution in [3.8, 4) is 0 Å². The average molecular weight is 259 g/mol. The maximum Gasteiger partial charge on any atom is 0.124 e. The van der Waals surface area contributed by atoms with Gasteiger partial charge in [-0.25, -0.2) is 8.42 Å². The van der Waals surface area contributed by atoms with E-state index in [0.29, 0.717) is 0 Å². The molecule has 17 heavy (non-hydrogen) atoms. The quantitative estimate of drug-likeness (QED) is 0.822. The van der Waals surface area contributed by atoms with Gasteiger partial charge in [0.2, 0.25) is 0 Å². The molecule has 0 aromatic heterocycles. The highest BCUT2D eigenvalue weighted by atomic mass is 32.2. The fourth-order valence-corrected chi connectivity index (χ4v) is 1.85. The summed E-state index contributed by atoms with van der Waals surface area (Å²) in [5.41, 5.74) is 0.